The van der Waals surface area contributed by atoms with Crippen LogP contribution in [-0.2, 0) is 4.79 Å². The van der Waals surface area contributed by atoms with E-state index >= 15 is 0 Å². The van der Waals surface area contributed by atoms with Crippen LogP contribution in [-0.4, -0.2) is 57.2 Å². The Labute approximate surface area is 154 Å². The van der Waals surface area contributed by atoms with E-state index in [0.29, 0.717) is 12.8 Å². The lowest BCUT2D eigenvalue weighted by molar-refractivity contribution is -0.143. The quantitative estimate of drug-likeness (QED) is 0.774. The van der Waals surface area contributed by atoms with Crippen LogP contribution in [0, 0.1) is 16.7 Å². The molecule has 0 aromatic carbocycles. The van der Waals surface area contributed by atoms with Gasteiger partial charge in [-0.25, -0.2) is 9.18 Å². The van der Waals surface area contributed by atoms with Gasteiger partial charge in [-0.3, -0.25) is 9.69 Å². The Balaban J connectivity index is 2.53. The zero-order valence-electron chi connectivity index (χ0n) is 15.7. The maximum Gasteiger partial charge on any atom is 0.408 e. The summed E-state index contributed by atoms with van der Waals surface area (Å²) >= 11 is 0. The van der Waals surface area contributed by atoms with Gasteiger partial charge in [-0.2, -0.15) is 5.26 Å². The number of rotatable bonds is 4. The van der Waals surface area contributed by atoms with Crippen LogP contribution in [0.1, 0.15) is 52.9 Å². The molecule has 2 fully saturated rings. The number of nitriles is 1. The molecule has 144 valence electrons. The van der Waals surface area contributed by atoms with E-state index in [4.69, 9.17) is 0 Å². The third kappa shape index (κ3) is 3.55. The molecule has 0 aromatic rings. The van der Waals surface area contributed by atoms with Gasteiger partial charge < -0.3 is 10.0 Å². The Morgan fingerprint density at radius 2 is 2.00 bits per heavy atom. The van der Waals surface area contributed by atoms with Gasteiger partial charge in [0.25, 0.3) is 0 Å². The maximum absolute atomic E-state index is 13.9. The van der Waals surface area contributed by atoms with E-state index in [1.807, 2.05) is 6.07 Å². The zero-order chi connectivity index (χ0) is 19.7. The number of likely N-dealkylation sites (tertiary alicyclic amines) is 1. The fraction of sp³-hybridized carbons (Fsp3) is 0.737. The third-order valence-corrected chi connectivity index (χ3v) is 5.59. The van der Waals surface area contributed by atoms with Gasteiger partial charge in [0.05, 0.1) is 12.6 Å². The number of hydrogen-bond donors (Lipinski definition) is 1. The first-order valence-corrected chi connectivity index (χ1v) is 9.07. The molecule has 2 rings (SSSR count). The first kappa shape index (κ1) is 20.2. The molecular weight excluding hydrogens is 337 g/mol. The van der Waals surface area contributed by atoms with E-state index in [9.17, 15) is 24.3 Å². The fourth-order valence-electron chi connectivity index (χ4n) is 4.33. The molecule has 3 atom stereocenters. The number of nitrogens with zero attached hydrogens (tertiary/aromatic N) is 3. The molecule has 2 aliphatic rings. The topological polar surface area (TPSA) is 84.6 Å². The Morgan fingerprint density at radius 1 is 1.42 bits per heavy atom. The van der Waals surface area contributed by atoms with Crippen molar-refractivity contribution in [3.63, 3.8) is 0 Å². The van der Waals surface area contributed by atoms with Crippen LogP contribution >= 0.6 is 0 Å². The van der Waals surface area contributed by atoms with Gasteiger partial charge in [0.2, 0.25) is 5.91 Å². The second kappa shape index (κ2) is 7.26. The summed E-state index contributed by atoms with van der Waals surface area (Å²) in [6.45, 7) is 8.92. The van der Waals surface area contributed by atoms with Crippen LogP contribution in [0.25, 0.3) is 0 Å². The summed E-state index contributed by atoms with van der Waals surface area (Å²) in [7, 11) is 0. The summed E-state index contributed by atoms with van der Waals surface area (Å²) < 4.78 is 13.9. The highest BCUT2D eigenvalue weighted by Gasteiger charge is 2.53. The molecule has 0 unspecified atom stereocenters. The number of alkyl halides is 1. The van der Waals surface area contributed by atoms with Crippen molar-refractivity contribution in [2.45, 2.75) is 76.7 Å². The SMILES string of the molecule is C=CC1([C@@H](C(=O)N2C[C@@H](F)C[C@H]2C#N)N(C(=O)O)C(C)(C)C)CCCC1. The van der Waals surface area contributed by atoms with Crippen LogP contribution < -0.4 is 0 Å². The highest BCUT2D eigenvalue weighted by Crippen LogP contribution is 2.46. The maximum atomic E-state index is 13.9. The van der Waals surface area contributed by atoms with Crippen LogP contribution in [0.3, 0.4) is 0 Å². The molecule has 0 spiro atoms. The molecule has 7 heteroatoms. The molecule has 0 radical (unpaired) electrons. The molecule has 1 saturated carbocycles. The summed E-state index contributed by atoms with van der Waals surface area (Å²) in [6.07, 6.45) is 2.25. The molecule has 26 heavy (non-hydrogen) atoms. The van der Waals surface area contributed by atoms with Gasteiger partial charge in [-0.05, 0) is 33.6 Å². The molecule has 1 saturated heterocycles. The summed E-state index contributed by atoms with van der Waals surface area (Å²) in [5, 5.41) is 19.2. The summed E-state index contributed by atoms with van der Waals surface area (Å²) in [4.78, 5) is 28.0. The number of carbonyl (C=O) groups is 2. The largest absolute Gasteiger partial charge is 0.465 e. The lowest BCUT2D eigenvalue weighted by Crippen LogP contribution is -2.63. The lowest BCUT2D eigenvalue weighted by Gasteiger charge is -2.47. The second-order valence-corrected chi connectivity index (χ2v) is 8.34. The van der Waals surface area contributed by atoms with Crippen molar-refractivity contribution in [3.05, 3.63) is 12.7 Å². The van der Waals surface area contributed by atoms with Crippen molar-refractivity contribution in [2.24, 2.45) is 5.41 Å². The average molecular weight is 365 g/mol. The number of carbonyl (C=O) groups excluding carboxylic acids is 1. The highest BCUT2D eigenvalue weighted by molar-refractivity contribution is 5.88. The number of amides is 2. The molecular formula is C19H28FN3O3. The third-order valence-electron chi connectivity index (χ3n) is 5.59. The van der Waals surface area contributed by atoms with E-state index in [0.717, 1.165) is 12.8 Å². The minimum Gasteiger partial charge on any atom is -0.465 e. The standard InChI is InChI=1S/C19H28FN3O3/c1-5-19(8-6-7-9-19)15(23(17(25)26)18(2,3)4)16(24)22-12-13(20)10-14(22)11-21/h5,13-15H,1,6-10,12H2,2-4H3,(H,25,26)/t13-,14-,15+/m0/s1. The minimum atomic E-state index is -1.26. The van der Waals surface area contributed by atoms with Gasteiger partial charge in [-0.15, -0.1) is 6.58 Å². The van der Waals surface area contributed by atoms with E-state index in [-0.39, 0.29) is 13.0 Å². The fourth-order valence-corrected chi connectivity index (χ4v) is 4.33. The normalized spacial score (nSPS) is 26.2. The number of halogens is 1. The van der Waals surface area contributed by atoms with Crippen molar-refractivity contribution < 1.29 is 19.1 Å². The summed E-state index contributed by atoms with van der Waals surface area (Å²) in [5.74, 6) is -0.490. The molecule has 0 aromatic heterocycles. The van der Waals surface area contributed by atoms with Crippen LogP contribution in [0.4, 0.5) is 9.18 Å². The van der Waals surface area contributed by atoms with Gasteiger partial charge in [0, 0.05) is 17.4 Å². The average Bonchev–Trinajstić information content (AvgIpc) is 3.17. The van der Waals surface area contributed by atoms with E-state index in [1.54, 1.807) is 26.8 Å². The summed E-state index contributed by atoms with van der Waals surface area (Å²) in [5.41, 5.74) is -1.53. The van der Waals surface area contributed by atoms with Gasteiger partial charge >= 0.3 is 6.09 Å². The number of carboxylic acid groups (broad SMARTS) is 1. The van der Waals surface area contributed by atoms with Gasteiger partial charge in [0.15, 0.2) is 0 Å². The van der Waals surface area contributed by atoms with Gasteiger partial charge in [0.1, 0.15) is 18.3 Å². The van der Waals surface area contributed by atoms with Crippen LogP contribution in [0.2, 0.25) is 0 Å². The number of hydrogen-bond acceptors (Lipinski definition) is 3. The molecule has 1 aliphatic carbocycles. The van der Waals surface area contributed by atoms with Crippen molar-refractivity contribution in [2.75, 3.05) is 6.54 Å². The van der Waals surface area contributed by atoms with E-state index < -0.39 is 41.2 Å². The molecule has 2 amide bonds. The molecule has 1 aliphatic heterocycles. The van der Waals surface area contributed by atoms with E-state index in [2.05, 4.69) is 6.58 Å². The predicted molar refractivity (Wildman–Crippen MR) is 95.1 cm³/mol. The highest BCUT2D eigenvalue weighted by atomic mass is 19.1. The Hall–Kier alpha value is -2.10. The molecule has 1 N–H and O–H groups in total. The summed E-state index contributed by atoms with van der Waals surface area (Å²) in [6, 6.07) is 0.107. The Morgan fingerprint density at radius 3 is 2.42 bits per heavy atom. The van der Waals surface area contributed by atoms with Crippen molar-refractivity contribution in [1.82, 2.24) is 9.80 Å². The van der Waals surface area contributed by atoms with Crippen molar-refractivity contribution >= 4 is 12.0 Å². The van der Waals surface area contributed by atoms with Crippen LogP contribution in [0.15, 0.2) is 12.7 Å². The smallest absolute Gasteiger partial charge is 0.408 e. The zero-order valence-corrected chi connectivity index (χ0v) is 15.7. The first-order valence-electron chi connectivity index (χ1n) is 9.07. The predicted octanol–water partition coefficient (Wildman–Crippen LogP) is 3.34. The molecule has 1 heterocycles. The monoisotopic (exact) mass is 365 g/mol. The van der Waals surface area contributed by atoms with Gasteiger partial charge in [-0.1, -0.05) is 18.9 Å². The second-order valence-electron chi connectivity index (χ2n) is 8.34. The lowest BCUT2D eigenvalue weighted by atomic mass is 9.75. The first-order chi connectivity index (χ1) is 12.1. The minimum absolute atomic E-state index is 0.0291. The van der Waals surface area contributed by atoms with Crippen molar-refractivity contribution in [1.29, 1.82) is 5.26 Å². The molecule has 6 nitrogen and oxygen atoms in total. The van der Waals surface area contributed by atoms with Crippen LogP contribution in [0.5, 0.6) is 0 Å². The Kier molecular flexibility index (Phi) is 5.64. The Bertz CT molecular complexity index is 616. The van der Waals surface area contributed by atoms with E-state index in [1.165, 1.54) is 9.80 Å². The van der Waals surface area contributed by atoms with Crippen molar-refractivity contribution in [3.8, 4) is 6.07 Å². The molecule has 0 bridgehead atoms.